The summed E-state index contributed by atoms with van der Waals surface area (Å²) in [6, 6.07) is 12.2. The number of amides is 2. The van der Waals surface area contributed by atoms with Crippen LogP contribution in [0.4, 0.5) is 5.69 Å². The topological polar surface area (TPSA) is 83.6 Å². The minimum absolute atomic E-state index is 0.000509. The molecule has 2 aromatic rings. The highest BCUT2D eigenvalue weighted by Crippen LogP contribution is 2.28. The first-order valence-electron chi connectivity index (χ1n) is 8.30. The van der Waals surface area contributed by atoms with E-state index < -0.39 is 27.9 Å². The van der Waals surface area contributed by atoms with E-state index in [0.717, 1.165) is 15.4 Å². The number of carbonyl (C=O) groups is 2. The molecule has 0 radical (unpaired) electrons. The van der Waals surface area contributed by atoms with Crippen molar-refractivity contribution in [2.24, 2.45) is 0 Å². The lowest BCUT2D eigenvalue weighted by atomic mass is 10.1. The summed E-state index contributed by atoms with van der Waals surface area (Å²) in [6.45, 7) is 3.82. The summed E-state index contributed by atoms with van der Waals surface area (Å²) in [5, 5.41) is 2.74. The van der Waals surface area contributed by atoms with E-state index in [1.807, 2.05) is 19.9 Å². The number of nitrogens with zero attached hydrogens (tertiary/aromatic N) is 1. The Kier molecular flexibility index (Phi) is 4.82. The Morgan fingerprint density at radius 1 is 1.08 bits per heavy atom. The van der Waals surface area contributed by atoms with Gasteiger partial charge in [0.2, 0.25) is 11.8 Å². The number of aryl methyl sites for hydroxylation is 2. The summed E-state index contributed by atoms with van der Waals surface area (Å²) in [5.74, 6) is -1.06. The fraction of sp³-hybridized carbons (Fsp3) is 0.263. The summed E-state index contributed by atoms with van der Waals surface area (Å²) in [5.41, 5.74) is 2.55. The maximum Gasteiger partial charge on any atom is 0.267 e. The van der Waals surface area contributed by atoms with Crippen molar-refractivity contribution in [3.8, 4) is 0 Å². The van der Waals surface area contributed by atoms with Gasteiger partial charge in [-0.2, -0.15) is 0 Å². The molecule has 26 heavy (non-hydrogen) atoms. The normalized spacial score (nSPS) is 17.4. The van der Waals surface area contributed by atoms with Gasteiger partial charge in [0.15, 0.2) is 0 Å². The SMILES string of the molecule is Cc1cc(C)cc(NC(=O)C2CCC(=O)N2S(=O)(=O)c2ccccc2)c1. The summed E-state index contributed by atoms with van der Waals surface area (Å²) in [6.07, 6.45) is 0.193. The lowest BCUT2D eigenvalue weighted by Crippen LogP contribution is -2.45. The highest BCUT2D eigenvalue weighted by molar-refractivity contribution is 7.89. The molecule has 2 aromatic carbocycles. The van der Waals surface area contributed by atoms with Crippen LogP contribution < -0.4 is 5.32 Å². The predicted molar refractivity (Wildman–Crippen MR) is 98.0 cm³/mol. The first-order valence-corrected chi connectivity index (χ1v) is 9.74. The average Bonchev–Trinajstić information content (AvgIpc) is 2.97. The molecular formula is C19H20N2O4S. The van der Waals surface area contributed by atoms with E-state index in [2.05, 4.69) is 5.32 Å². The van der Waals surface area contributed by atoms with Crippen molar-refractivity contribution in [2.75, 3.05) is 5.32 Å². The molecule has 0 aromatic heterocycles. The van der Waals surface area contributed by atoms with E-state index in [9.17, 15) is 18.0 Å². The number of carbonyl (C=O) groups excluding carboxylic acids is 2. The molecule has 0 spiro atoms. The summed E-state index contributed by atoms with van der Waals surface area (Å²) < 4.78 is 26.4. The number of hydrogen-bond acceptors (Lipinski definition) is 4. The third kappa shape index (κ3) is 3.48. The number of nitrogens with one attached hydrogen (secondary N) is 1. The van der Waals surface area contributed by atoms with Crippen LogP contribution in [0.1, 0.15) is 24.0 Å². The molecule has 0 saturated carbocycles. The molecule has 1 unspecified atom stereocenters. The summed E-state index contributed by atoms with van der Waals surface area (Å²) >= 11 is 0. The molecule has 0 bridgehead atoms. The zero-order valence-electron chi connectivity index (χ0n) is 14.6. The quantitative estimate of drug-likeness (QED) is 0.894. The predicted octanol–water partition coefficient (Wildman–Crippen LogP) is 2.62. The van der Waals surface area contributed by atoms with Gasteiger partial charge in [-0.05, 0) is 55.7 Å². The van der Waals surface area contributed by atoms with Gasteiger partial charge < -0.3 is 5.32 Å². The number of benzene rings is 2. The van der Waals surface area contributed by atoms with Crippen molar-refractivity contribution in [1.82, 2.24) is 4.31 Å². The van der Waals surface area contributed by atoms with Crippen molar-refractivity contribution >= 4 is 27.5 Å². The van der Waals surface area contributed by atoms with E-state index >= 15 is 0 Å². The monoisotopic (exact) mass is 372 g/mol. The van der Waals surface area contributed by atoms with Gasteiger partial charge in [-0.15, -0.1) is 0 Å². The van der Waals surface area contributed by atoms with Gasteiger partial charge in [0.05, 0.1) is 4.90 Å². The molecule has 1 atom stereocenters. The van der Waals surface area contributed by atoms with Gasteiger partial charge in [0, 0.05) is 12.1 Å². The van der Waals surface area contributed by atoms with Gasteiger partial charge in [-0.3, -0.25) is 9.59 Å². The van der Waals surface area contributed by atoms with Crippen LogP contribution in [0.25, 0.3) is 0 Å². The smallest absolute Gasteiger partial charge is 0.267 e. The molecule has 1 aliphatic rings. The first-order chi connectivity index (χ1) is 12.3. The largest absolute Gasteiger partial charge is 0.324 e. The van der Waals surface area contributed by atoms with Crippen molar-refractivity contribution in [3.63, 3.8) is 0 Å². The molecule has 1 saturated heterocycles. The number of anilines is 1. The van der Waals surface area contributed by atoms with Crippen molar-refractivity contribution in [2.45, 2.75) is 37.6 Å². The second-order valence-corrected chi connectivity index (χ2v) is 8.24. The Morgan fingerprint density at radius 2 is 1.69 bits per heavy atom. The Balaban J connectivity index is 1.89. The first kappa shape index (κ1) is 18.1. The highest BCUT2D eigenvalue weighted by atomic mass is 32.2. The van der Waals surface area contributed by atoms with Crippen LogP contribution in [0, 0.1) is 13.8 Å². The summed E-state index contributed by atoms with van der Waals surface area (Å²) in [7, 11) is -4.07. The molecule has 1 heterocycles. The Hall–Kier alpha value is -2.67. The van der Waals surface area contributed by atoms with Gasteiger partial charge in [-0.25, -0.2) is 12.7 Å². The molecule has 6 nitrogen and oxygen atoms in total. The zero-order chi connectivity index (χ0) is 18.9. The molecule has 1 fully saturated rings. The second-order valence-electron chi connectivity index (χ2n) is 6.43. The molecule has 7 heteroatoms. The second kappa shape index (κ2) is 6.92. The van der Waals surface area contributed by atoms with E-state index in [1.54, 1.807) is 30.3 Å². The minimum Gasteiger partial charge on any atom is -0.324 e. The van der Waals surface area contributed by atoms with Gasteiger partial charge in [-0.1, -0.05) is 24.3 Å². The van der Waals surface area contributed by atoms with E-state index in [1.165, 1.54) is 12.1 Å². The Labute approximate surface area is 152 Å². The lowest BCUT2D eigenvalue weighted by Gasteiger charge is -2.23. The van der Waals surface area contributed by atoms with E-state index in [4.69, 9.17) is 0 Å². The van der Waals surface area contributed by atoms with Crippen molar-refractivity contribution < 1.29 is 18.0 Å². The molecule has 136 valence electrons. The van der Waals surface area contributed by atoms with Gasteiger partial charge in [0.1, 0.15) is 6.04 Å². The Morgan fingerprint density at radius 3 is 2.31 bits per heavy atom. The molecule has 3 rings (SSSR count). The fourth-order valence-electron chi connectivity index (χ4n) is 3.18. The van der Waals surface area contributed by atoms with Crippen molar-refractivity contribution in [3.05, 3.63) is 59.7 Å². The maximum atomic E-state index is 12.8. The highest BCUT2D eigenvalue weighted by Gasteiger charge is 2.44. The van der Waals surface area contributed by atoms with Crippen LogP contribution >= 0.6 is 0 Å². The van der Waals surface area contributed by atoms with Crippen LogP contribution in [0.5, 0.6) is 0 Å². The lowest BCUT2D eigenvalue weighted by molar-refractivity contribution is -0.128. The van der Waals surface area contributed by atoms with E-state index in [0.29, 0.717) is 5.69 Å². The standard InChI is InChI=1S/C19H20N2O4S/c1-13-10-14(2)12-15(11-13)20-19(23)17-8-9-18(22)21(17)26(24,25)16-6-4-3-5-7-16/h3-7,10-12,17H,8-9H2,1-2H3,(H,20,23). The van der Waals surface area contributed by atoms with Crippen molar-refractivity contribution in [1.29, 1.82) is 0 Å². The fourth-order valence-corrected chi connectivity index (χ4v) is 4.80. The van der Waals surface area contributed by atoms with Crippen LogP contribution in [-0.4, -0.2) is 30.6 Å². The van der Waals surface area contributed by atoms with Gasteiger partial charge in [0.25, 0.3) is 10.0 Å². The van der Waals surface area contributed by atoms with Crippen LogP contribution in [-0.2, 0) is 19.6 Å². The van der Waals surface area contributed by atoms with Crippen LogP contribution in [0.2, 0.25) is 0 Å². The average molecular weight is 372 g/mol. The van der Waals surface area contributed by atoms with E-state index in [-0.39, 0.29) is 17.7 Å². The number of hydrogen-bond donors (Lipinski definition) is 1. The van der Waals surface area contributed by atoms with Gasteiger partial charge >= 0.3 is 0 Å². The Bertz CT molecular complexity index is 935. The molecule has 1 aliphatic heterocycles. The molecule has 2 amide bonds. The maximum absolute atomic E-state index is 12.8. The number of rotatable bonds is 4. The third-order valence-corrected chi connectivity index (χ3v) is 6.10. The van der Waals surface area contributed by atoms with Crippen LogP contribution in [0.15, 0.2) is 53.4 Å². The molecule has 0 aliphatic carbocycles. The molecule has 1 N–H and O–H groups in total. The summed E-state index contributed by atoms with van der Waals surface area (Å²) in [4.78, 5) is 24.9. The number of sulfonamides is 1. The zero-order valence-corrected chi connectivity index (χ0v) is 15.4. The molecular weight excluding hydrogens is 352 g/mol. The minimum atomic E-state index is -4.07. The third-order valence-electron chi connectivity index (χ3n) is 4.25. The van der Waals surface area contributed by atoms with Crippen LogP contribution in [0.3, 0.4) is 0 Å².